The Morgan fingerprint density at radius 3 is 2.70 bits per heavy atom. The van der Waals surface area contributed by atoms with Gasteiger partial charge in [0.1, 0.15) is 11.6 Å². The van der Waals surface area contributed by atoms with Crippen molar-refractivity contribution < 1.29 is 13.3 Å². The highest BCUT2D eigenvalue weighted by Crippen LogP contribution is 2.30. The first kappa shape index (κ1) is 14.3. The van der Waals surface area contributed by atoms with Gasteiger partial charge in [-0.2, -0.15) is 5.26 Å². The minimum Gasteiger partial charge on any atom is -0.379 e. The third kappa shape index (κ3) is 2.88. The summed E-state index contributed by atoms with van der Waals surface area (Å²) in [6.45, 7) is 1.77. The van der Waals surface area contributed by atoms with Gasteiger partial charge >= 0.3 is 0 Å². The molecule has 1 aliphatic rings. The second-order valence-electron chi connectivity index (χ2n) is 5.13. The third-order valence-electron chi connectivity index (χ3n) is 3.26. The van der Waals surface area contributed by atoms with Gasteiger partial charge in [0.15, 0.2) is 9.84 Å². The summed E-state index contributed by atoms with van der Waals surface area (Å²) in [7, 11) is -3.06. The molecule has 8 heteroatoms. The Balaban J connectivity index is 2.30. The number of nitriles is 1. The third-order valence-corrected chi connectivity index (χ3v) is 5.17. The Bertz CT molecular complexity index is 708. The molecule has 7 nitrogen and oxygen atoms in total. The van der Waals surface area contributed by atoms with Crippen molar-refractivity contribution in [3.63, 3.8) is 0 Å². The average molecular weight is 295 g/mol. The molecule has 0 saturated carbocycles. The molecule has 1 aromatic carbocycles. The number of nitro benzene ring substituents is 1. The number of benzene rings is 1. The maximum atomic E-state index is 11.5. The lowest BCUT2D eigenvalue weighted by molar-refractivity contribution is -0.385. The Morgan fingerprint density at radius 2 is 2.20 bits per heavy atom. The van der Waals surface area contributed by atoms with Crippen LogP contribution in [0.15, 0.2) is 18.2 Å². The quantitative estimate of drug-likeness (QED) is 0.667. The molecule has 1 heterocycles. The Kier molecular flexibility index (Phi) is 3.39. The number of nitro groups is 1. The maximum absolute atomic E-state index is 11.5. The van der Waals surface area contributed by atoms with Crippen LogP contribution in [0.25, 0.3) is 0 Å². The van der Waals surface area contributed by atoms with Crippen LogP contribution in [-0.2, 0) is 9.84 Å². The van der Waals surface area contributed by atoms with E-state index >= 15 is 0 Å². The van der Waals surface area contributed by atoms with Crippen LogP contribution in [0.1, 0.15) is 18.9 Å². The molecule has 0 spiro atoms. The van der Waals surface area contributed by atoms with Gasteiger partial charge in [-0.25, -0.2) is 8.42 Å². The summed E-state index contributed by atoms with van der Waals surface area (Å²) in [6.07, 6.45) is 0.448. The lowest BCUT2D eigenvalue weighted by Gasteiger charge is -2.25. The molecule has 1 aromatic rings. The van der Waals surface area contributed by atoms with E-state index < -0.39 is 20.3 Å². The molecule has 2 rings (SSSR count). The zero-order valence-corrected chi connectivity index (χ0v) is 11.6. The highest BCUT2D eigenvalue weighted by atomic mass is 32.2. The minimum absolute atomic E-state index is 0.00615. The van der Waals surface area contributed by atoms with E-state index in [1.54, 1.807) is 19.1 Å². The predicted octanol–water partition coefficient (Wildman–Crippen LogP) is 1.46. The predicted molar refractivity (Wildman–Crippen MR) is 73.1 cm³/mol. The zero-order valence-electron chi connectivity index (χ0n) is 10.8. The molecular weight excluding hydrogens is 282 g/mol. The first-order chi connectivity index (χ1) is 9.25. The van der Waals surface area contributed by atoms with Gasteiger partial charge in [-0.05, 0) is 25.5 Å². The van der Waals surface area contributed by atoms with Crippen molar-refractivity contribution in [1.29, 1.82) is 5.26 Å². The van der Waals surface area contributed by atoms with E-state index in [0.29, 0.717) is 12.1 Å². The average Bonchev–Trinajstić information content (AvgIpc) is 2.63. The van der Waals surface area contributed by atoms with Crippen molar-refractivity contribution >= 4 is 21.2 Å². The topological polar surface area (TPSA) is 113 Å². The van der Waals surface area contributed by atoms with Gasteiger partial charge < -0.3 is 5.32 Å². The van der Waals surface area contributed by atoms with Crippen molar-refractivity contribution in [2.24, 2.45) is 0 Å². The molecule has 0 aromatic heterocycles. The van der Waals surface area contributed by atoms with Crippen LogP contribution < -0.4 is 5.32 Å². The molecule has 0 radical (unpaired) electrons. The van der Waals surface area contributed by atoms with Crippen LogP contribution in [0, 0.1) is 21.4 Å². The van der Waals surface area contributed by atoms with Gasteiger partial charge in [0, 0.05) is 17.3 Å². The Morgan fingerprint density at radius 1 is 1.50 bits per heavy atom. The van der Waals surface area contributed by atoms with Gasteiger partial charge in [-0.1, -0.05) is 0 Å². The Labute approximate surface area is 116 Å². The van der Waals surface area contributed by atoms with E-state index in [0.717, 1.165) is 0 Å². The molecule has 1 aliphatic heterocycles. The van der Waals surface area contributed by atoms with Crippen LogP contribution in [-0.4, -0.2) is 30.4 Å². The van der Waals surface area contributed by atoms with Crippen molar-refractivity contribution in [3.05, 3.63) is 33.9 Å². The first-order valence-electron chi connectivity index (χ1n) is 5.92. The summed E-state index contributed by atoms with van der Waals surface area (Å²) in [5.41, 5.74) is -0.511. The smallest absolute Gasteiger partial charge is 0.289 e. The molecule has 106 valence electrons. The molecule has 1 unspecified atom stereocenters. The maximum Gasteiger partial charge on any atom is 0.289 e. The summed E-state index contributed by atoms with van der Waals surface area (Å²) >= 11 is 0. The van der Waals surface area contributed by atoms with Crippen LogP contribution >= 0.6 is 0 Å². The van der Waals surface area contributed by atoms with Crippen LogP contribution in [0.5, 0.6) is 0 Å². The summed E-state index contributed by atoms with van der Waals surface area (Å²) in [6, 6.07) is 5.91. The number of anilines is 1. The highest BCUT2D eigenvalue weighted by molar-refractivity contribution is 7.91. The lowest BCUT2D eigenvalue weighted by atomic mass is 10.0. The second kappa shape index (κ2) is 4.76. The van der Waals surface area contributed by atoms with Gasteiger partial charge in [0.2, 0.25) is 0 Å². The fourth-order valence-electron chi connectivity index (χ4n) is 2.31. The molecule has 1 N–H and O–H groups in total. The van der Waals surface area contributed by atoms with Crippen molar-refractivity contribution in [1.82, 2.24) is 0 Å². The molecule has 0 aliphatic carbocycles. The molecule has 20 heavy (non-hydrogen) atoms. The molecule has 1 atom stereocenters. The highest BCUT2D eigenvalue weighted by Gasteiger charge is 2.38. The molecular formula is C12H13N3O4S. The minimum atomic E-state index is -3.06. The molecule has 1 fully saturated rings. The van der Waals surface area contributed by atoms with Crippen molar-refractivity contribution in [2.45, 2.75) is 18.9 Å². The van der Waals surface area contributed by atoms with Gasteiger partial charge in [0.05, 0.1) is 16.4 Å². The number of hydrogen-bond donors (Lipinski definition) is 1. The molecule has 0 bridgehead atoms. The largest absolute Gasteiger partial charge is 0.379 e. The lowest BCUT2D eigenvalue weighted by Crippen LogP contribution is -2.35. The first-order valence-corrected chi connectivity index (χ1v) is 7.74. The van der Waals surface area contributed by atoms with E-state index in [2.05, 4.69) is 5.32 Å². The summed E-state index contributed by atoms with van der Waals surface area (Å²) in [5.74, 6) is 0.0999. The van der Waals surface area contributed by atoms with Gasteiger partial charge in [-0.15, -0.1) is 0 Å². The van der Waals surface area contributed by atoms with E-state index in [9.17, 15) is 18.5 Å². The monoisotopic (exact) mass is 295 g/mol. The molecule has 1 saturated heterocycles. The van der Waals surface area contributed by atoms with Crippen molar-refractivity contribution in [2.75, 3.05) is 16.8 Å². The van der Waals surface area contributed by atoms with E-state index in [1.807, 2.05) is 0 Å². The van der Waals surface area contributed by atoms with Crippen LogP contribution in [0.2, 0.25) is 0 Å². The van der Waals surface area contributed by atoms with Gasteiger partial charge in [0.25, 0.3) is 5.69 Å². The Hall–Kier alpha value is -2.14. The van der Waals surface area contributed by atoms with E-state index in [4.69, 9.17) is 5.26 Å². The van der Waals surface area contributed by atoms with Crippen LogP contribution in [0.4, 0.5) is 11.4 Å². The summed E-state index contributed by atoms with van der Waals surface area (Å²) < 4.78 is 23.0. The van der Waals surface area contributed by atoms with E-state index in [1.165, 1.54) is 12.1 Å². The summed E-state index contributed by atoms with van der Waals surface area (Å²) in [5, 5.41) is 22.7. The second-order valence-corrected chi connectivity index (χ2v) is 7.31. The summed E-state index contributed by atoms with van der Waals surface area (Å²) in [4.78, 5) is 10.3. The standard InChI is InChI=1S/C12H13N3O4S/c1-12(4-5-20(18,19)8-12)14-10-3-2-9(7-13)11(6-10)15(16)17/h2-3,6,14H,4-5,8H2,1H3. The van der Waals surface area contributed by atoms with Crippen molar-refractivity contribution in [3.8, 4) is 6.07 Å². The number of sulfone groups is 1. The fraction of sp³-hybridized carbons (Fsp3) is 0.417. The van der Waals surface area contributed by atoms with Crippen LogP contribution in [0.3, 0.4) is 0 Å². The number of hydrogen-bond acceptors (Lipinski definition) is 6. The molecule has 0 amide bonds. The normalized spacial score (nSPS) is 24.0. The SMILES string of the molecule is CC1(Nc2ccc(C#N)c([N+](=O)[O-])c2)CCS(=O)(=O)C1. The number of nitrogens with zero attached hydrogens (tertiary/aromatic N) is 2. The fourth-order valence-corrected chi connectivity index (χ4v) is 4.41. The zero-order chi connectivity index (χ0) is 15.0. The number of rotatable bonds is 3. The van der Waals surface area contributed by atoms with Gasteiger partial charge in [-0.3, -0.25) is 10.1 Å². The number of nitrogens with one attached hydrogen (secondary N) is 1. The van der Waals surface area contributed by atoms with E-state index in [-0.39, 0.29) is 22.8 Å².